The number of aromatic hydroxyl groups is 6. The van der Waals surface area contributed by atoms with Gasteiger partial charge in [-0.3, -0.25) is 14.4 Å². The van der Waals surface area contributed by atoms with Gasteiger partial charge in [-0.2, -0.15) is 0 Å². The first-order valence-electron chi connectivity index (χ1n) is 27.5. The number of carboxylic acids is 1. The molecule has 0 amide bonds. The molecule has 0 spiro atoms. The van der Waals surface area contributed by atoms with Crippen LogP contribution in [0.25, 0.3) is 44.6 Å². The number of esters is 2. The van der Waals surface area contributed by atoms with Crippen molar-refractivity contribution in [2.24, 2.45) is 0 Å². The van der Waals surface area contributed by atoms with Gasteiger partial charge in [0.05, 0.1) is 24.8 Å². The number of aliphatic hydroxyl groups is 12. The van der Waals surface area contributed by atoms with Crippen LogP contribution in [0.1, 0.15) is 6.42 Å². The molecule has 0 saturated carbocycles. The molecule has 35 nitrogen and oxygen atoms in total. The van der Waals surface area contributed by atoms with Crippen LogP contribution < -0.4 is 19.6 Å². The minimum absolute atomic E-state index is 0.0127. The van der Waals surface area contributed by atoms with Crippen molar-refractivity contribution < 1.29 is 168 Å². The average Bonchev–Trinajstić information content (AvgIpc) is 0.901. The summed E-state index contributed by atoms with van der Waals surface area (Å²) in [5.74, 6) is -11.1. The zero-order valence-electron chi connectivity index (χ0n) is 46.8. The third kappa shape index (κ3) is 13.2. The topological polar surface area (TPSA) is 569 Å². The number of ether oxygens (including phenoxy) is 10. The fourth-order valence-electron chi connectivity index (χ4n) is 10.3. The van der Waals surface area contributed by atoms with Crippen LogP contribution in [0.5, 0.6) is 51.7 Å². The maximum Gasteiger partial charge on any atom is 0.402 e. The van der Waals surface area contributed by atoms with Crippen LogP contribution >= 0.6 is 0 Å². The highest BCUT2D eigenvalue weighted by Gasteiger charge is 2.54. The lowest BCUT2D eigenvalue weighted by molar-refractivity contribution is -0.358. The van der Waals surface area contributed by atoms with Gasteiger partial charge in [0.2, 0.25) is 35.8 Å². The molecule has 0 aliphatic carbocycles. The smallest absolute Gasteiger partial charge is 0.402 e. The van der Waals surface area contributed by atoms with Crippen LogP contribution in [0.15, 0.2) is 86.4 Å². The molecule has 92 heavy (non-hydrogen) atoms. The average molecular weight is 1300 g/mol. The van der Waals surface area contributed by atoms with Crippen molar-refractivity contribution in [1.29, 1.82) is 0 Å². The SMILES string of the molecule is O=C(CC(=O)OC1C(Oc2cc(O)c3c(=O)c(OC4OC(CO)C(O)C(O)C4OC4OC(CO)C(O)C(O)C4O)c(-c4ccc(O)cc4)oc3c2)OC(C(=O)O)C(O)C1O)OCC1OC(Oc2cc3c(O)cc(O)cc3[o+]c2-c2ccc(O)c(O)c2)C(O)C(O)C1O. The van der Waals surface area contributed by atoms with E-state index in [0.29, 0.717) is 6.07 Å². The summed E-state index contributed by atoms with van der Waals surface area (Å²) in [5.41, 5.74) is -2.09. The van der Waals surface area contributed by atoms with E-state index in [2.05, 4.69) is 0 Å². The fraction of sp³-hybridized carbons (Fsp3) is 0.421. The molecule has 10 rings (SSSR count). The molecule has 4 saturated heterocycles. The molecule has 4 aliphatic heterocycles. The molecule has 6 heterocycles. The molecular weight excluding hydrogens is 1240 g/mol. The number of hydrogen-bond acceptors (Lipinski definition) is 33. The van der Waals surface area contributed by atoms with Crippen molar-refractivity contribution in [1.82, 2.24) is 0 Å². The van der Waals surface area contributed by atoms with Crippen LogP contribution in [0.3, 0.4) is 0 Å². The predicted octanol–water partition coefficient (Wildman–Crippen LogP) is -3.97. The Balaban J connectivity index is 0.876. The number of phenolic OH excluding ortho intramolecular Hbond substituents is 6. The van der Waals surface area contributed by atoms with Crippen LogP contribution in [0.4, 0.5) is 0 Å². The quantitative estimate of drug-likeness (QED) is 0.0169. The van der Waals surface area contributed by atoms with Crippen LogP contribution in [-0.2, 0) is 47.5 Å². The predicted molar refractivity (Wildman–Crippen MR) is 293 cm³/mol. The van der Waals surface area contributed by atoms with Gasteiger partial charge in [0.1, 0.15) is 137 Å². The summed E-state index contributed by atoms with van der Waals surface area (Å²) < 4.78 is 68.0. The number of benzene rings is 4. The van der Waals surface area contributed by atoms with Crippen molar-refractivity contribution in [2.75, 3.05) is 19.8 Å². The number of aliphatic hydroxyl groups excluding tert-OH is 12. The van der Waals surface area contributed by atoms with Gasteiger partial charge in [-0.15, -0.1) is 0 Å². The first-order chi connectivity index (χ1) is 43.7. The van der Waals surface area contributed by atoms with E-state index in [0.717, 1.165) is 48.5 Å². The first-order valence-corrected chi connectivity index (χ1v) is 27.5. The Kier molecular flexibility index (Phi) is 19.4. The van der Waals surface area contributed by atoms with Crippen molar-refractivity contribution in [3.05, 3.63) is 83.0 Å². The van der Waals surface area contributed by atoms with E-state index in [9.17, 15) is 116 Å². The highest BCUT2D eigenvalue weighted by atomic mass is 16.8. The largest absolute Gasteiger partial charge is 0.508 e. The highest BCUT2D eigenvalue weighted by molar-refractivity contribution is 5.92. The second kappa shape index (κ2) is 26.9. The lowest BCUT2D eigenvalue weighted by atomic mass is 9.97. The number of carboxylic acid groups (broad SMARTS) is 1. The van der Waals surface area contributed by atoms with Gasteiger partial charge in [0, 0.05) is 35.9 Å². The van der Waals surface area contributed by atoms with Crippen LogP contribution in [-0.4, -0.2) is 258 Å². The third-order valence-electron chi connectivity index (χ3n) is 15.2. The Morgan fingerprint density at radius 2 is 1.13 bits per heavy atom. The molecule has 2 aromatic heterocycles. The number of aliphatic carboxylic acids is 1. The normalized spacial score (nSPS) is 31.6. The standard InChI is InChI=1S/C57H58O35/c58-14-30-36(68)40(72)46(78)55(86-30)92-52-42(74)37(69)31(15-59)87-57(52)90-49-39(71)35-26(65)10-21(11-28(35)84-48(49)17-1-4-19(60)5-2-17)82-56-51(44(76)43(75)50(91-56)53(79)80)89-34(67)13-33(66)81-16-32-38(70)41(73)45(77)54(88-32)85-29-12-22-24(63)8-20(61)9-27(22)83-47(29)18-3-6-23(62)25(64)7-18/h1-12,30-32,36-38,40-46,50-52,54-59,68-70,72-78H,13-16H2,(H6-,60,61,62,63,64,65,71,79,80)/p+1. The minimum Gasteiger partial charge on any atom is -0.508 e. The summed E-state index contributed by atoms with van der Waals surface area (Å²) in [6.45, 7) is -2.92. The molecule has 0 radical (unpaired) electrons. The summed E-state index contributed by atoms with van der Waals surface area (Å²) in [7, 11) is 0. The van der Waals surface area contributed by atoms with Gasteiger partial charge < -0.3 is 149 Å². The minimum atomic E-state index is -2.41. The van der Waals surface area contributed by atoms with Gasteiger partial charge in [-0.1, -0.05) is 0 Å². The number of rotatable bonds is 18. The molecule has 19 N–H and O–H groups in total. The second-order valence-corrected chi connectivity index (χ2v) is 21.4. The zero-order chi connectivity index (χ0) is 66.5. The van der Waals surface area contributed by atoms with Gasteiger partial charge in [-0.25, -0.2) is 9.21 Å². The maximum absolute atomic E-state index is 14.7. The van der Waals surface area contributed by atoms with Crippen molar-refractivity contribution in [3.8, 4) is 74.4 Å². The Hall–Kier alpha value is -8.57. The fourth-order valence-corrected chi connectivity index (χ4v) is 10.3. The first kappa shape index (κ1) is 66.4. The van der Waals surface area contributed by atoms with Crippen LogP contribution in [0.2, 0.25) is 0 Å². The van der Waals surface area contributed by atoms with E-state index >= 15 is 0 Å². The summed E-state index contributed by atoms with van der Waals surface area (Å²) in [5, 5.41) is 200. The Morgan fingerprint density at radius 3 is 1.79 bits per heavy atom. The van der Waals surface area contributed by atoms with Gasteiger partial charge in [0.15, 0.2) is 41.9 Å². The van der Waals surface area contributed by atoms with E-state index in [1.54, 1.807) is 0 Å². The van der Waals surface area contributed by atoms with E-state index in [1.807, 2.05) is 0 Å². The van der Waals surface area contributed by atoms with Crippen molar-refractivity contribution in [3.63, 3.8) is 0 Å². The highest BCUT2D eigenvalue weighted by Crippen LogP contribution is 2.44. The van der Waals surface area contributed by atoms with E-state index < -0.39 is 229 Å². The Morgan fingerprint density at radius 1 is 0.522 bits per heavy atom. The summed E-state index contributed by atoms with van der Waals surface area (Å²) in [6, 6.07) is 12.8. The van der Waals surface area contributed by atoms with Crippen LogP contribution in [0, 0.1) is 0 Å². The Bertz CT molecular complexity index is 3750. The number of phenols is 6. The van der Waals surface area contributed by atoms with Gasteiger partial charge >= 0.3 is 29.3 Å². The van der Waals surface area contributed by atoms with Gasteiger partial charge in [-0.05, 0) is 36.4 Å². The monoisotopic (exact) mass is 1300 g/mol. The lowest BCUT2D eigenvalue weighted by Crippen LogP contribution is -2.65. The third-order valence-corrected chi connectivity index (χ3v) is 15.2. The summed E-state index contributed by atoms with van der Waals surface area (Å²) >= 11 is 0. The molecule has 496 valence electrons. The molecule has 6 aromatic rings. The summed E-state index contributed by atoms with van der Waals surface area (Å²) in [4.78, 5) is 53.6. The number of carbonyl (C=O) groups excluding carboxylic acids is 2. The van der Waals surface area contributed by atoms with Gasteiger partial charge in [0.25, 0.3) is 0 Å². The summed E-state index contributed by atoms with van der Waals surface area (Å²) in [6.07, 6.45) is -42.6. The maximum atomic E-state index is 14.7. The lowest BCUT2D eigenvalue weighted by Gasteiger charge is -2.45. The Labute approximate surface area is 512 Å². The number of carbonyl (C=O) groups is 3. The molecule has 4 aromatic carbocycles. The molecule has 20 unspecified atom stereocenters. The molecule has 0 bridgehead atoms. The zero-order valence-corrected chi connectivity index (χ0v) is 46.8. The molecular formula is C57H59O35+. The van der Waals surface area contributed by atoms with E-state index in [-0.39, 0.29) is 39.4 Å². The molecule has 35 heteroatoms. The van der Waals surface area contributed by atoms with Crippen molar-refractivity contribution in [2.45, 2.75) is 129 Å². The van der Waals surface area contributed by atoms with Crippen molar-refractivity contribution >= 4 is 39.8 Å². The molecule has 20 atom stereocenters. The van der Waals surface area contributed by atoms with E-state index in [4.69, 9.17) is 56.2 Å². The molecule has 4 aliphatic rings. The molecule has 4 fully saturated rings. The number of fused-ring (bicyclic) bond motifs is 2. The van der Waals surface area contributed by atoms with E-state index in [1.165, 1.54) is 18.2 Å². The second-order valence-electron chi connectivity index (χ2n) is 21.4. The number of hydrogen-bond donors (Lipinski definition) is 19.